The summed E-state index contributed by atoms with van der Waals surface area (Å²) in [5.74, 6) is 0.533. The number of alkyl halides is 2. The topological polar surface area (TPSA) is 108 Å². The number of anilines is 1. The molecule has 0 saturated carbocycles. The van der Waals surface area contributed by atoms with Gasteiger partial charge in [-0.25, -0.2) is 4.98 Å². The third-order valence-corrected chi connectivity index (χ3v) is 4.54. The quantitative estimate of drug-likeness (QED) is 0.444. The average molecular weight is 423 g/mol. The van der Waals surface area contributed by atoms with Gasteiger partial charge in [-0.05, 0) is 18.2 Å². The summed E-state index contributed by atoms with van der Waals surface area (Å²) < 4.78 is 32.6. The number of aromatic nitrogens is 8. The fourth-order valence-corrected chi connectivity index (χ4v) is 3.15. The first kappa shape index (κ1) is 18.8. The molecule has 12 heteroatoms. The summed E-state index contributed by atoms with van der Waals surface area (Å²) in [5, 5.41) is 20.4. The first-order valence-corrected chi connectivity index (χ1v) is 9.20. The van der Waals surface area contributed by atoms with Crippen molar-refractivity contribution in [1.29, 1.82) is 0 Å². The van der Waals surface area contributed by atoms with Crippen LogP contribution < -0.4 is 10.1 Å². The van der Waals surface area contributed by atoms with Gasteiger partial charge in [-0.3, -0.25) is 9.67 Å². The van der Waals surface area contributed by atoms with Crippen molar-refractivity contribution in [3.63, 3.8) is 0 Å². The zero-order chi connectivity index (χ0) is 21.4. The zero-order valence-corrected chi connectivity index (χ0v) is 16.1. The SMILES string of the molecule is Cn1cc(-c2ccc3nnc(CNc4ccnc5cc(OC(F)F)cnc45)n3n2)cn1. The zero-order valence-electron chi connectivity index (χ0n) is 16.1. The second-order valence-corrected chi connectivity index (χ2v) is 6.64. The van der Waals surface area contributed by atoms with Crippen molar-refractivity contribution in [3.05, 3.63) is 54.9 Å². The van der Waals surface area contributed by atoms with Gasteiger partial charge in [0.15, 0.2) is 11.5 Å². The molecule has 0 atom stereocenters. The molecule has 1 N–H and O–H groups in total. The Bertz CT molecular complexity index is 1380. The predicted molar refractivity (Wildman–Crippen MR) is 106 cm³/mol. The second-order valence-electron chi connectivity index (χ2n) is 6.64. The van der Waals surface area contributed by atoms with E-state index in [1.807, 2.05) is 25.4 Å². The molecule has 0 aromatic carbocycles. The van der Waals surface area contributed by atoms with E-state index >= 15 is 0 Å². The van der Waals surface area contributed by atoms with Gasteiger partial charge in [0.05, 0.1) is 35.8 Å². The summed E-state index contributed by atoms with van der Waals surface area (Å²) in [7, 11) is 1.84. The molecule has 0 aliphatic heterocycles. The molecule has 0 bridgehead atoms. The average Bonchev–Trinajstić information content (AvgIpc) is 3.37. The first-order valence-electron chi connectivity index (χ1n) is 9.20. The van der Waals surface area contributed by atoms with Crippen LogP contribution in [0.25, 0.3) is 27.9 Å². The molecule has 5 aromatic rings. The lowest BCUT2D eigenvalue weighted by Crippen LogP contribution is -2.07. The molecule has 0 fully saturated rings. The maximum Gasteiger partial charge on any atom is 0.387 e. The highest BCUT2D eigenvalue weighted by molar-refractivity contribution is 5.87. The standard InChI is InChI=1S/C19H15F2N9O/c1-29-10-11(7-25-29)13-2-3-16-26-27-17(30(16)28-13)9-23-14-4-5-22-15-6-12(31-19(20)21)8-24-18(14)15/h2-8,10,19H,9H2,1H3,(H,22,23). The normalized spacial score (nSPS) is 11.5. The van der Waals surface area contributed by atoms with Crippen LogP contribution in [-0.2, 0) is 13.6 Å². The number of hydrogen-bond acceptors (Lipinski definition) is 8. The highest BCUT2D eigenvalue weighted by Gasteiger charge is 2.12. The van der Waals surface area contributed by atoms with E-state index in [-0.39, 0.29) is 5.75 Å². The minimum Gasteiger partial charge on any atom is -0.433 e. The van der Waals surface area contributed by atoms with Crippen molar-refractivity contribution in [2.24, 2.45) is 7.05 Å². The third kappa shape index (κ3) is 3.70. The Balaban J connectivity index is 1.42. The largest absolute Gasteiger partial charge is 0.433 e. The highest BCUT2D eigenvalue weighted by atomic mass is 19.3. The van der Waals surface area contributed by atoms with Crippen molar-refractivity contribution in [2.45, 2.75) is 13.2 Å². The third-order valence-electron chi connectivity index (χ3n) is 4.54. The van der Waals surface area contributed by atoms with Gasteiger partial charge in [0.25, 0.3) is 0 Å². The molecule has 0 radical (unpaired) electrons. The first-order chi connectivity index (χ1) is 15.1. The molecular weight excluding hydrogens is 408 g/mol. The van der Waals surface area contributed by atoms with Crippen LogP contribution in [0.2, 0.25) is 0 Å². The van der Waals surface area contributed by atoms with E-state index in [1.165, 1.54) is 12.3 Å². The van der Waals surface area contributed by atoms with Gasteiger partial charge in [0, 0.05) is 31.1 Å². The highest BCUT2D eigenvalue weighted by Crippen LogP contribution is 2.24. The van der Waals surface area contributed by atoms with Gasteiger partial charge in [-0.2, -0.15) is 23.5 Å². The van der Waals surface area contributed by atoms with Gasteiger partial charge >= 0.3 is 6.61 Å². The fraction of sp³-hybridized carbons (Fsp3) is 0.158. The van der Waals surface area contributed by atoms with E-state index < -0.39 is 6.61 Å². The Labute approximate surface area is 173 Å². The smallest absolute Gasteiger partial charge is 0.387 e. The molecular formula is C19H15F2N9O. The fourth-order valence-electron chi connectivity index (χ4n) is 3.15. The van der Waals surface area contributed by atoms with E-state index in [0.717, 1.165) is 11.3 Å². The van der Waals surface area contributed by atoms with E-state index in [0.29, 0.717) is 34.7 Å². The van der Waals surface area contributed by atoms with Crippen LogP contribution in [-0.4, -0.2) is 46.2 Å². The number of aryl methyl sites for hydroxylation is 1. The number of halogens is 2. The van der Waals surface area contributed by atoms with Gasteiger partial charge in [-0.15, -0.1) is 10.2 Å². The number of nitrogens with one attached hydrogen (secondary N) is 1. The molecule has 10 nitrogen and oxygen atoms in total. The number of nitrogens with zero attached hydrogens (tertiary/aromatic N) is 8. The summed E-state index contributed by atoms with van der Waals surface area (Å²) in [4.78, 5) is 8.37. The van der Waals surface area contributed by atoms with E-state index in [2.05, 4.69) is 40.4 Å². The van der Waals surface area contributed by atoms with Crippen LogP contribution in [0.1, 0.15) is 5.82 Å². The Morgan fingerprint density at radius 1 is 1.13 bits per heavy atom. The molecule has 5 heterocycles. The number of hydrogen-bond donors (Lipinski definition) is 1. The van der Waals surface area contributed by atoms with Gasteiger partial charge < -0.3 is 10.1 Å². The molecule has 0 saturated heterocycles. The minimum absolute atomic E-state index is 0.0530. The Morgan fingerprint density at radius 3 is 2.84 bits per heavy atom. The molecule has 0 spiro atoms. The summed E-state index contributed by atoms with van der Waals surface area (Å²) in [6.45, 7) is -2.62. The summed E-state index contributed by atoms with van der Waals surface area (Å²) in [6.07, 6.45) is 6.39. The van der Waals surface area contributed by atoms with Gasteiger partial charge in [0.2, 0.25) is 0 Å². The monoisotopic (exact) mass is 423 g/mol. The van der Waals surface area contributed by atoms with Crippen LogP contribution >= 0.6 is 0 Å². The summed E-state index contributed by atoms with van der Waals surface area (Å²) in [5.41, 5.74) is 3.82. The summed E-state index contributed by atoms with van der Waals surface area (Å²) >= 11 is 0. The second kappa shape index (κ2) is 7.55. The Kier molecular flexibility index (Phi) is 4.58. The molecule has 156 valence electrons. The minimum atomic E-state index is -2.93. The van der Waals surface area contributed by atoms with Crippen molar-refractivity contribution < 1.29 is 13.5 Å². The van der Waals surface area contributed by atoms with E-state index in [1.54, 1.807) is 27.7 Å². The molecule has 0 aliphatic rings. The predicted octanol–water partition coefficient (Wildman–Crippen LogP) is 2.68. The molecule has 0 unspecified atom stereocenters. The van der Waals surface area contributed by atoms with Crippen LogP contribution in [0.3, 0.4) is 0 Å². The molecule has 5 rings (SSSR count). The molecule has 31 heavy (non-hydrogen) atoms. The Hall–Kier alpha value is -4.22. The molecule has 0 aliphatic carbocycles. The van der Waals surface area contributed by atoms with Crippen molar-refractivity contribution in [2.75, 3.05) is 5.32 Å². The van der Waals surface area contributed by atoms with Crippen molar-refractivity contribution in [1.82, 2.24) is 39.6 Å². The summed E-state index contributed by atoms with van der Waals surface area (Å²) in [6, 6.07) is 6.84. The number of ether oxygens (including phenoxy) is 1. The van der Waals surface area contributed by atoms with E-state index in [4.69, 9.17) is 0 Å². The van der Waals surface area contributed by atoms with Gasteiger partial charge in [0.1, 0.15) is 11.3 Å². The number of fused-ring (bicyclic) bond motifs is 2. The maximum absolute atomic E-state index is 12.4. The maximum atomic E-state index is 12.4. The Morgan fingerprint density at radius 2 is 2.03 bits per heavy atom. The molecule has 0 amide bonds. The van der Waals surface area contributed by atoms with Crippen LogP contribution in [0, 0.1) is 0 Å². The van der Waals surface area contributed by atoms with Crippen molar-refractivity contribution >= 4 is 22.4 Å². The lowest BCUT2D eigenvalue weighted by Gasteiger charge is -2.09. The molecule has 5 aromatic heterocycles. The van der Waals surface area contributed by atoms with Crippen LogP contribution in [0.15, 0.2) is 49.1 Å². The van der Waals surface area contributed by atoms with Crippen LogP contribution in [0.4, 0.5) is 14.5 Å². The van der Waals surface area contributed by atoms with Crippen LogP contribution in [0.5, 0.6) is 5.75 Å². The lowest BCUT2D eigenvalue weighted by molar-refractivity contribution is -0.0499. The lowest BCUT2D eigenvalue weighted by atomic mass is 10.2. The van der Waals surface area contributed by atoms with Gasteiger partial charge in [-0.1, -0.05) is 0 Å². The number of rotatable bonds is 6. The number of pyridine rings is 2. The van der Waals surface area contributed by atoms with Crippen molar-refractivity contribution in [3.8, 4) is 17.0 Å². The van der Waals surface area contributed by atoms with E-state index in [9.17, 15) is 8.78 Å².